The molecule has 0 aliphatic heterocycles. The number of ether oxygens (including phenoxy) is 1. The van der Waals surface area contributed by atoms with Gasteiger partial charge >= 0.3 is 5.69 Å². The summed E-state index contributed by atoms with van der Waals surface area (Å²) in [5, 5.41) is 16.8. The maximum absolute atomic E-state index is 13.5. The van der Waals surface area contributed by atoms with Crippen molar-refractivity contribution in [3.05, 3.63) is 107 Å². The number of aryl methyl sites for hydroxylation is 1. The summed E-state index contributed by atoms with van der Waals surface area (Å²) in [5.41, 5.74) is 2.32. The van der Waals surface area contributed by atoms with Crippen LogP contribution < -0.4 is 10.3 Å². The number of fused-ring (bicyclic) bond motifs is 1. The predicted molar refractivity (Wildman–Crippen MR) is 152 cm³/mol. The molecular weight excluding hydrogens is 604 g/mol. The Kier molecular flexibility index (Phi) is 8.19. The van der Waals surface area contributed by atoms with Gasteiger partial charge in [-0.2, -0.15) is 9.78 Å². The minimum Gasteiger partial charge on any atom is -0.481 e. The highest BCUT2D eigenvalue weighted by atomic mass is 79.9. The highest BCUT2D eigenvalue weighted by Crippen LogP contribution is 2.34. The van der Waals surface area contributed by atoms with Crippen molar-refractivity contribution in [2.75, 3.05) is 0 Å². The molecule has 0 fully saturated rings. The first-order valence-corrected chi connectivity index (χ1v) is 13.2. The van der Waals surface area contributed by atoms with E-state index in [2.05, 4.69) is 37.0 Å². The van der Waals surface area contributed by atoms with Crippen molar-refractivity contribution < 1.29 is 9.66 Å². The molecule has 1 heterocycles. The molecule has 4 aromatic rings. The van der Waals surface area contributed by atoms with E-state index in [0.717, 1.165) is 22.0 Å². The number of rotatable bonds is 8. The summed E-state index contributed by atoms with van der Waals surface area (Å²) >= 11 is 6.75. The fraction of sp³-hybridized carbons (Fsp3) is 0.222. The van der Waals surface area contributed by atoms with Crippen molar-refractivity contribution in [2.24, 2.45) is 5.10 Å². The van der Waals surface area contributed by atoms with E-state index >= 15 is 0 Å². The third-order valence-electron chi connectivity index (χ3n) is 5.92. The Bertz CT molecular complexity index is 1580. The monoisotopic (exact) mass is 626 g/mol. The Morgan fingerprint density at radius 3 is 2.65 bits per heavy atom. The van der Waals surface area contributed by atoms with Crippen LogP contribution in [0.4, 0.5) is 5.69 Å². The SMILES string of the molecule is CC[C@H](C)c1nc2ccc(Br)cc2c(=O)n1N=Cc1cc(Br)cc([N+](=O)[O-])c1OCc1cccc(C)c1. The van der Waals surface area contributed by atoms with Crippen LogP contribution in [0.25, 0.3) is 10.9 Å². The van der Waals surface area contributed by atoms with Crippen molar-refractivity contribution in [3.8, 4) is 5.75 Å². The molecule has 3 aromatic carbocycles. The fourth-order valence-electron chi connectivity index (χ4n) is 3.85. The standard InChI is InChI=1S/C27H24Br2N4O4/c1-4-17(3)26-31-23-9-8-20(28)12-22(23)27(34)32(26)30-14-19-11-21(29)13-24(33(35)36)25(19)37-15-18-7-5-6-16(2)10-18/h5-14,17H,4,15H2,1-3H3/t17-/m0/s1. The highest BCUT2D eigenvalue weighted by molar-refractivity contribution is 9.10. The highest BCUT2D eigenvalue weighted by Gasteiger charge is 2.21. The quantitative estimate of drug-likeness (QED) is 0.118. The predicted octanol–water partition coefficient (Wildman–Crippen LogP) is 7.11. The fourth-order valence-corrected chi connectivity index (χ4v) is 4.67. The van der Waals surface area contributed by atoms with E-state index in [1.165, 1.54) is 17.0 Å². The van der Waals surface area contributed by atoms with Gasteiger partial charge in [-0.05, 0) is 43.2 Å². The Morgan fingerprint density at radius 1 is 1.16 bits per heavy atom. The molecule has 0 amide bonds. The Balaban J connectivity index is 1.84. The van der Waals surface area contributed by atoms with Crippen LogP contribution in [-0.4, -0.2) is 20.8 Å². The minimum atomic E-state index is -0.500. The summed E-state index contributed by atoms with van der Waals surface area (Å²) in [5.74, 6) is 0.519. The van der Waals surface area contributed by atoms with Crippen molar-refractivity contribution >= 4 is 54.7 Å². The summed E-state index contributed by atoms with van der Waals surface area (Å²) in [6.45, 7) is 6.07. The van der Waals surface area contributed by atoms with Crippen molar-refractivity contribution in [1.29, 1.82) is 0 Å². The van der Waals surface area contributed by atoms with Crippen LogP contribution in [0, 0.1) is 17.0 Å². The second-order valence-electron chi connectivity index (χ2n) is 8.68. The lowest BCUT2D eigenvalue weighted by molar-refractivity contribution is -0.386. The molecule has 0 saturated heterocycles. The van der Waals surface area contributed by atoms with Crippen LogP contribution in [0.15, 0.2) is 73.4 Å². The van der Waals surface area contributed by atoms with E-state index in [1.54, 1.807) is 18.2 Å². The van der Waals surface area contributed by atoms with Crippen LogP contribution in [-0.2, 0) is 6.61 Å². The Labute approximate surface area is 230 Å². The number of hydrogen-bond donors (Lipinski definition) is 0. The van der Waals surface area contributed by atoms with Crippen LogP contribution in [0.5, 0.6) is 5.75 Å². The van der Waals surface area contributed by atoms with Gasteiger partial charge in [-0.25, -0.2) is 4.98 Å². The normalized spacial score (nSPS) is 12.2. The molecule has 37 heavy (non-hydrogen) atoms. The van der Waals surface area contributed by atoms with Gasteiger partial charge in [-0.1, -0.05) is 75.5 Å². The van der Waals surface area contributed by atoms with Gasteiger partial charge in [0.2, 0.25) is 5.75 Å². The zero-order chi connectivity index (χ0) is 26.7. The number of hydrogen-bond acceptors (Lipinski definition) is 6. The number of halogens is 2. The third-order valence-corrected chi connectivity index (χ3v) is 6.88. The van der Waals surface area contributed by atoms with E-state index < -0.39 is 4.92 Å². The molecule has 190 valence electrons. The molecule has 1 aromatic heterocycles. The van der Waals surface area contributed by atoms with Gasteiger partial charge in [0.15, 0.2) is 0 Å². The smallest absolute Gasteiger partial charge is 0.312 e. The number of nitro groups is 1. The molecule has 0 N–H and O–H groups in total. The third kappa shape index (κ3) is 5.97. The summed E-state index contributed by atoms with van der Waals surface area (Å²) in [6.07, 6.45) is 2.15. The molecule has 8 nitrogen and oxygen atoms in total. The van der Waals surface area contributed by atoms with Gasteiger partial charge in [-0.3, -0.25) is 14.9 Å². The second kappa shape index (κ2) is 11.4. The molecule has 1 atom stereocenters. The van der Waals surface area contributed by atoms with Crippen LogP contribution >= 0.6 is 31.9 Å². The molecule has 0 aliphatic rings. The molecule has 10 heteroatoms. The van der Waals surface area contributed by atoms with Crippen molar-refractivity contribution in [3.63, 3.8) is 0 Å². The zero-order valence-electron chi connectivity index (χ0n) is 20.4. The molecule has 0 radical (unpaired) electrons. The number of benzene rings is 3. The van der Waals surface area contributed by atoms with E-state index in [0.29, 0.717) is 26.8 Å². The molecule has 0 unspecified atom stereocenters. The Morgan fingerprint density at radius 2 is 1.95 bits per heavy atom. The topological polar surface area (TPSA) is 99.6 Å². The number of nitrogens with zero attached hydrogens (tertiary/aromatic N) is 4. The van der Waals surface area contributed by atoms with Gasteiger partial charge < -0.3 is 4.74 Å². The van der Waals surface area contributed by atoms with E-state index in [4.69, 9.17) is 9.72 Å². The number of nitro benzene ring substituents is 1. The first-order chi connectivity index (χ1) is 17.7. The number of aromatic nitrogens is 2. The largest absolute Gasteiger partial charge is 0.481 e. The average Bonchev–Trinajstić information content (AvgIpc) is 2.86. The average molecular weight is 628 g/mol. The first-order valence-electron chi connectivity index (χ1n) is 11.6. The lowest BCUT2D eigenvalue weighted by Gasteiger charge is -2.14. The van der Waals surface area contributed by atoms with Crippen LogP contribution in [0.2, 0.25) is 0 Å². The maximum Gasteiger partial charge on any atom is 0.312 e. The van der Waals surface area contributed by atoms with Crippen LogP contribution in [0.1, 0.15) is 48.7 Å². The summed E-state index contributed by atoms with van der Waals surface area (Å²) in [4.78, 5) is 29.5. The lowest BCUT2D eigenvalue weighted by Crippen LogP contribution is -2.23. The summed E-state index contributed by atoms with van der Waals surface area (Å²) < 4.78 is 8.47. The van der Waals surface area contributed by atoms with Gasteiger partial charge in [0.25, 0.3) is 5.56 Å². The molecule has 4 rings (SSSR count). The second-order valence-corrected chi connectivity index (χ2v) is 10.5. The van der Waals surface area contributed by atoms with Crippen LogP contribution in [0.3, 0.4) is 0 Å². The van der Waals surface area contributed by atoms with E-state index in [-0.39, 0.29) is 29.5 Å². The molecular formula is C27H24Br2N4O4. The van der Waals surface area contributed by atoms with Gasteiger partial charge in [0.1, 0.15) is 12.4 Å². The first kappa shape index (κ1) is 26.7. The Hall–Kier alpha value is -3.37. The van der Waals surface area contributed by atoms with Gasteiger partial charge in [0, 0.05) is 26.5 Å². The van der Waals surface area contributed by atoms with Gasteiger partial charge in [-0.15, -0.1) is 0 Å². The molecule has 0 spiro atoms. The minimum absolute atomic E-state index is 0.0493. The maximum atomic E-state index is 13.5. The molecule has 0 saturated carbocycles. The molecule has 0 aliphatic carbocycles. The molecule has 0 bridgehead atoms. The van der Waals surface area contributed by atoms with E-state index in [1.807, 2.05) is 51.1 Å². The summed E-state index contributed by atoms with van der Waals surface area (Å²) in [6, 6.07) is 16.1. The van der Waals surface area contributed by atoms with E-state index in [9.17, 15) is 14.9 Å². The van der Waals surface area contributed by atoms with Crippen molar-refractivity contribution in [1.82, 2.24) is 9.66 Å². The van der Waals surface area contributed by atoms with Crippen molar-refractivity contribution in [2.45, 2.75) is 39.7 Å². The zero-order valence-corrected chi connectivity index (χ0v) is 23.6. The summed E-state index contributed by atoms with van der Waals surface area (Å²) in [7, 11) is 0. The lowest BCUT2D eigenvalue weighted by atomic mass is 10.1. The van der Waals surface area contributed by atoms with Gasteiger partial charge in [0.05, 0.1) is 22.0 Å².